The summed E-state index contributed by atoms with van der Waals surface area (Å²) in [6.07, 6.45) is 30.2. The van der Waals surface area contributed by atoms with Crippen LogP contribution in [0, 0.1) is 0 Å². The minimum atomic E-state index is -3.09. The second-order valence-electron chi connectivity index (χ2n) is 18.8. The smallest absolute Gasteiger partial charge is 0.374 e. The van der Waals surface area contributed by atoms with Gasteiger partial charge >= 0.3 is 17.6 Å². The van der Waals surface area contributed by atoms with Crippen molar-refractivity contribution in [2.45, 2.75) is 273 Å². The standard InChI is InChI=1S/C56H119NO12Si2/c1-13-58-55(59-14-2,60-15-3)48-43-39-35-31-27-25-29-33-37-41-46-54(71(67-22-10,68-23-11)69-24-12,50-52-57-51-45-53-70(64-19-7,65-20-8)66-21-9)47-42-38-34-30-26-28-32-36-40-44-49-56(61-16-4,62-17-5)63-18-6/h57H,13-53H2,1-12H3. The van der Waals surface area contributed by atoms with Gasteiger partial charge < -0.3 is 60.3 Å². The van der Waals surface area contributed by atoms with Crippen molar-refractivity contribution in [3.8, 4) is 0 Å². The number of unbranched alkanes of at least 4 members (excludes halogenated alkanes) is 18. The zero-order valence-corrected chi connectivity index (χ0v) is 50.9. The Morgan fingerprint density at radius 2 is 0.535 bits per heavy atom. The van der Waals surface area contributed by atoms with Crippen LogP contribution in [-0.2, 0) is 55.0 Å². The van der Waals surface area contributed by atoms with Gasteiger partial charge in [-0.15, -0.1) is 0 Å². The van der Waals surface area contributed by atoms with Crippen molar-refractivity contribution >= 4 is 17.6 Å². The van der Waals surface area contributed by atoms with Crippen molar-refractivity contribution in [1.29, 1.82) is 0 Å². The minimum Gasteiger partial charge on any atom is -0.374 e. The highest BCUT2D eigenvalue weighted by atomic mass is 28.4. The first-order valence-electron chi connectivity index (χ1n) is 30.0. The van der Waals surface area contributed by atoms with Crippen LogP contribution in [0.1, 0.15) is 250 Å². The van der Waals surface area contributed by atoms with Gasteiger partial charge in [-0.25, -0.2) is 0 Å². The fourth-order valence-corrected chi connectivity index (χ4v) is 16.6. The summed E-state index contributed by atoms with van der Waals surface area (Å²) in [4.78, 5) is 0. The topological polar surface area (TPSA) is 123 Å². The molecule has 0 unspecified atom stereocenters. The van der Waals surface area contributed by atoms with Gasteiger partial charge in [0.15, 0.2) is 0 Å². The molecule has 0 fully saturated rings. The molecule has 0 saturated carbocycles. The molecule has 0 saturated heterocycles. The van der Waals surface area contributed by atoms with Crippen LogP contribution in [0.15, 0.2) is 0 Å². The van der Waals surface area contributed by atoms with E-state index in [-0.39, 0.29) is 5.04 Å². The molecule has 0 aliphatic carbocycles. The second-order valence-corrected chi connectivity index (χ2v) is 24.5. The molecule has 71 heavy (non-hydrogen) atoms. The Morgan fingerprint density at radius 3 is 0.803 bits per heavy atom. The molecule has 15 heteroatoms. The molecule has 0 aromatic rings. The van der Waals surface area contributed by atoms with Crippen molar-refractivity contribution in [2.75, 3.05) is 92.4 Å². The molecule has 0 amide bonds. The lowest BCUT2D eigenvalue weighted by atomic mass is 9.90. The van der Waals surface area contributed by atoms with E-state index in [1.807, 2.05) is 62.3 Å². The number of hydrogen-bond acceptors (Lipinski definition) is 13. The van der Waals surface area contributed by atoms with E-state index in [9.17, 15) is 0 Å². The van der Waals surface area contributed by atoms with Gasteiger partial charge in [0, 0.05) is 103 Å². The lowest BCUT2D eigenvalue weighted by Gasteiger charge is -2.46. The molecule has 0 aliphatic heterocycles. The van der Waals surface area contributed by atoms with Crippen LogP contribution in [0.25, 0.3) is 0 Å². The van der Waals surface area contributed by atoms with Gasteiger partial charge in [-0.05, 0) is 135 Å². The average molecular weight is 1050 g/mol. The predicted octanol–water partition coefficient (Wildman–Crippen LogP) is 15.1. The third-order valence-electron chi connectivity index (χ3n) is 13.3. The summed E-state index contributed by atoms with van der Waals surface area (Å²) in [7, 11) is -5.78. The molecule has 0 radical (unpaired) electrons. The first kappa shape index (κ1) is 70.9. The molecule has 0 atom stereocenters. The van der Waals surface area contributed by atoms with Crippen LogP contribution in [0.2, 0.25) is 11.1 Å². The molecule has 0 rings (SSSR count). The number of nitrogens with one attached hydrogen (secondary N) is 1. The minimum absolute atomic E-state index is 0.156. The molecule has 0 aromatic carbocycles. The van der Waals surface area contributed by atoms with Gasteiger partial charge in [0.2, 0.25) is 0 Å². The maximum Gasteiger partial charge on any atom is 0.507 e. The lowest BCUT2D eigenvalue weighted by molar-refractivity contribution is -0.380. The highest BCUT2D eigenvalue weighted by Gasteiger charge is 2.59. The Balaban J connectivity index is 5.64. The van der Waals surface area contributed by atoms with E-state index >= 15 is 0 Å². The zero-order chi connectivity index (χ0) is 52.7. The van der Waals surface area contributed by atoms with Crippen molar-refractivity contribution in [2.24, 2.45) is 0 Å². The van der Waals surface area contributed by atoms with Gasteiger partial charge in [-0.2, -0.15) is 0 Å². The van der Waals surface area contributed by atoms with Gasteiger partial charge in [0.25, 0.3) is 11.9 Å². The summed E-state index contributed by atoms with van der Waals surface area (Å²) in [5.41, 5.74) is 0. The third-order valence-corrected chi connectivity index (χ3v) is 20.5. The number of ether oxygens (including phenoxy) is 6. The highest BCUT2D eigenvalue weighted by molar-refractivity contribution is 6.64. The fourth-order valence-electron chi connectivity index (χ4n) is 10.3. The van der Waals surface area contributed by atoms with E-state index in [0.29, 0.717) is 79.3 Å². The molecule has 0 heterocycles. The number of rotatable bonds is 58. The van der Waals surface area contributed by atoms with E-state index in [4.69, 9.17) is 55.0 Å². The maximum atomic E-state index is 6.87. The quantitative estimate of drug-likeness (QED) is 0.0354. The number of hydrogen-bond donors (Lipinski definition) is 1. The SMILES string of the molecule is CCOC(CCCCCCCCCCCCC(CCCCCCCCCCCCC(OCC)(OCC)OCC)(CCNCCC[Si](OCC)(OCC)OCC)[Si](OCC)(OCC)OCC)(OCC)OCC. The Morgan fingerprint density at radius 1 is 0.268 bits per heavy atom. The Bertz CT molecular complexity index is 1010. The van der Waals surface area contributed by atoms with Crippen LogP contribution in [-0.4, -0.2) is 122 Å². The third kappa shape index (κ3) is 31.0. The molecule has 0 aliphatic rings. The summed E-state index contributed by atoms with van der Waals surface area (Å²) in [6, 6.07) is 0.812. The van der Waals surface area contributed by atoms with Crippen molar-refractivity contribution < 1.29 is 55.0 Å². The van der Waals surface area contributed by atoms with Gasteiger partial charge in [-0.1, -0.05) is 116 Å². The monoisotopic (exact) mass is 1050 g/mol. The summed E-state index contributed by atoms with van der Waals surface area (Å²) < 4.78 is 74.7. The highest BCUT2D eigenvalue weighted by Crippen LogP contribution is 2.52. The van der Waals surface area contributed by atoms with E-state index in [1.165, 1.54) is 103 Å². The largest absolute Gasteiger partial charge is 0.507 e. The summed E-state index contributed by atoms with van der Waals surface area (Å²) in [5, 5.41) is 3.69. The van der Waals surface area contributed by atoms with Crippen LogP contribution in [0.4, 0.5) is 0 Å². The Hall–Kier alpha value is -0.0862. The van der Waals surface area contributed by atoms with Crippen molar-refractivity contribution in [3.05, 3.63) is 0 Å². The summed E-state index contributed by atoms with van der Waals surface area (Å²) in [5.74, 6) is -1.77. The van der Waals surface area contributed by atoms with E-state index in [2.05, 4.69) is 26.1 Å². The van der Waals surface area contributed by atoms with E-state index < -0.39 is 29.6 Å². The van der Waals surface area contributed by atoms with Gasteiger partial charge in [0.1, 0.15) is 0 Å². The fraction of sp³-hybridized carbons (Fsp3) is 1.00. The molecular formula is C56H119NO12Si2. The van der Waals surface area contributed by atoms with Crippen molar-refractivity contribution in [3.63, 3.8) is 0 Å². The van der Waals surface area contributed by atoms with Crippen LogP contribution < -0.4 is 5.32 Å². The zero-order valence-electron chi connectivity index (χ0n) is 48.9. The predicted molar refractivity (Wildman–Crippen MR) is 297 cm³/mol. The van der Waals surface area contributed by atoms with Crippen LogP contribution in [0.3, 0.4) is 0 Å². The van der Waals surface area contributed by atoms with Gasteiger partial charge in [0.05, 0.1) is 0 Å². The summed E-state index contributed by atoms with van der Waals surface area (Å²) in [6.45, 7) is 33.3. The molecule has 13 nitrogen and oxygen atoms in total. The van der Waals surface area contributed by atoms with Crippen LogP contribution >= 0.6 is 0 Å². The molecule has 0 bridgehead atoms. The van der Waals surface area contributed by atoms with E-state index in [0.717, 1.165) is 83.3 Å². The van der Waals surface area contributed by atoms with Crippen LogP contribution in [0.5, 0.6) is 0 Å². The molecule has 0 aromatic heterocycles. The maximum absolute atomic E-state index is 6.87. The average Bonchev–Trinajstić information content (AvgIpc) is 3.34. The molecule has 0 spiro atoms. The van der Waals surface area contributed by atoms with Crippen molar-refractivity contribution in [1.82, 2.24) is 5.32 Å². The Kier molecular flexibility index (Phi) is 47.1. The second kappa shape index (κ2) is 47.2. The van der Waals surface area contributed by atoms with E-state index in [1.54, 1.807) is 0 Å². The molecule has 1 N–H and O–H groups in total. The first-order valence-corrected chi connectivity index (χ1v) is 33.6. The molecular weight excluding hydrogens is 935 g/mol. The van der Waals surface area contributed by atoms with Gasteiger partial charge in [-0.3, -0.25) is 0 Å². The normalized spacial score (nSPS) is 13.0. The Labute approximate surface area is 441 Å². The lowest BCUT2D eigenvalue weighted by Crippen LogP contribution is -2.57. The first-order chi connectivity index (χ1) is 34.6. The molecule has 428 valence electrons. The summed E-state index contributed by atoms with van der Waals surface area (Å²) >= 11 is 0.